The van der Waals surface area contributed by atoms with Gasteiger partial charge in [0.1, 0.15) is 5.56 Å². The number of carbonyl (C=O) groups is 1. The van der Waals surface area contributed by atoms with Crippen LogP contribution in [0, 0.1) is 6.92 Å². The van der Waals surface area contributed by atoms with Gasteiger partial charge < -0.3 is 9.30 Å². The molecule has 0 aliphatic rings. The summed E-state index contributed by atoms with van der Waals surface area (Å²) >= 11 is 3.49. The van der Waals surface area contributed by atoms with E-state index in [4.69, 9.17) is 4.74 Å². The van der Waals surface area contributed by atoms with E-state index in [1.165, 1.54) is 0 Å². The van der Waals surface area contributed by atoms with Crippen molar-refractivity contribution >= 4 is 32.8 Å². The van der Waals surface area contributed by atoms with E-state index in [0.717, 1.165) is 15.6 Å². The maximum atomic E-state index is 12.6. The van der Waals surface area contributed by atoms with E-state index in [1.54, 1.807) is 19.2 Å². The highest BCUT2D eigenvalue weighted by molar-refractivity contribution is 9.10. The Morgan fingerprint density at radius 3 is 2.62 bits per heavy atom. The van der Waals surface area contributed by atoms with Crippen molar-refractivity contribution in [2.75, 3.05) is 6.61 Å². The molecule has 0 radical (unpaired) electrons. The fourth-order valence-electron chi connectivity index (χ4n) is 2.36. The molecular weight excluding hydrogens is 334 g/mol. The lowest BCUT2D eigenvalue weighted by atomic mass is 10.1. The van der Waals surface area contributed by atoms with Gasteiger partial charge in [0.2, 0.25) is 5.43 Å². The molecule has 1 aromatic heterocycles. The summed E-state index contributed by atoms with van der Waals surface area (Å²) in [6.45, 7) is 7.95. The molecule has 0 aliphatic carbocycles. The lowest BCUT2D eigenvalue weighted by Crippen LogP contribution is -2.22. The van der Waals surface area contributed by atoms with E-state index in [9.17, 15) is 9.59 Å². The van der Waals surface area contributed by atoms with E-state index >= 15 is 0 Å². The van der Waals surface area contributed by atoms with E-state index in [-0.39, 0.29) is 23.6 Å². The van der Waals surface area contributed by atoms with Gasteiger partial charge in [-0.2, -0.15) is 0 Å². The molecule has 21 heavy (non-hydrogen) atoms. The predicted molar refractivity (Wildman–Crippen MR) is 87.0 cm³/mol. The second kappa shape index (κ2) is 6.02. The first-order valence-corrected chi connectivity index (χ1v) is 7.68. The third-order valence-corrected chi connectivity index (χ3v) is 4.29. The molecule has 2 aromatic rings. The summed E-state index contributed by atoms with van der Waals surface area (Å²) < 4.78 is 7.87. The monoisotopic (exact) mass is 351 g/mol. The highest BCUT2D eigenvalue weighted by Gasteiger charge is 2.19. The Morgan fingerprint density at radius 1 is 1.38 bits per heavy atom. The van der Waals surface area contributed by atoms with Gasteiger partial charge in [-0.1, -0.05) is 15.9 Å². The Kier molecular flexibility index (Phi) is 4.52. The van der Waals surface area contributed by atoms with Crippen LogP contribution in [-0.4, -0.2) is 17.1 Å². The van der Waals surface area contributed by atoms with Crippen molar-refractivity contribution in [2.45, 2.75) is 33.7 Å². The number of hydrogen-bond donors (Lipinski definition) is 0. The Morgan fingerprint density at radius 2 is 2.05 bits per heavy atom. The zero-order valence-corrected chi connectivity index (χ0v) is 14.2. The molecule has 5 heteroatoms. The largest absolute Gasteiger partial charge is 0.462 e. The molecule has 0 fully saturated rings. The predicted octanol–water partition coefficient (Wildman–Crippen LogP) is 3.83. The summed E-state index contributed by atoms with van der Waals surface area (Å²) in [5.74, 6) is -0.570. The number of rotatable bonds is 3. The molecule has 0 N–H and O–H groups in total. The van der Waals surface area contributed by atoms with E-state index < -0.39 is 5.97 Å². The number of nitrogens with zero attached hydrogens (tertiary/aromatic N) is 1. The molecule has 0 amide bonds. The number of aryl methyl sites for hydroxylation is 1. The van der Waals surface area contributed by atoms with Gasteiger partial charge in [-0.15, -0.1) is 0 Å². The van der Waals surface area contributed by atoms with Gasteiger partial charge in [-0.05, 0) is 45.4 Å². The number of hydrogen-bond acceptors (Lipinski definition) is 3. The lowest BCUT2D eigenvalue weighted by Gasteiger charge is -2.18. The average Bonchev–Trinajstić information content (AvgIpc) is 2.43. The average molecular weight is 352 g/mol. The second-order valence-electron chi connectivity index (χ2n) is 5.16. The van der Waals surface area contributed by atoms with Crippen LogP contribution in [0.15, 0.2) is 27.6 Å². The fraction of sp³-hybridized carbons (Fsp3) is 0.375. The normalized spacial score (nSPS) is 11.1. The van der Waals surface area contributed by atoms with Gasteiger partial charge >= 0.3 is 5.97 Å². The third-order valence-electron chi connectivity index (χ3n) is 3.43. The van der Waals surface area contributed by atoms with Gasteiger partial charge in [0.05, 0.1) is 12.1 Å². The Hall–Kier alpha value is -1.62. The molecule has 0 atom stereocenters. The van der Waals surface area contributed by atoms with Gasteiger partial charge in [0, 0.05) is 22.1 Å². The molecule has 0 aliphatic heterocycles. The summed E-state index contributed by atoms with van der Waals surface area (Å²) in [7, 11) is 0. The molecule has 0 saturated heterocycles. The van der Waals surface area contributed by atoms with E-state index in [1.807, 2.05) is 31.4 Å². The molecule has 0 spiro atoms. The van der Waals surface area contributed by atoms with Crippen molar-refractivity contribution < 1.29 is 9.53 Å². The van der Waals surface area contributed by atoms with Crippen molar-refractivity contribution in [2.24, 2.45) is 0 Å². The van der Waals surface area contributed by atoms with Gasteiger partial charge in [0.15, 0.2) is 0 Å². The Bertz CT molecular complexity index is 762. The second-order valence-corrected chi connectivity index (χ2v) is 6.02. The number of ether oxygens (including phenoxy) is 1. The highest BCUT2D eigenvalue weighted by Crippen LogP contribution is 2.26. The van der Waals surface area contributed by atoms with E-state index in [0.29, 0.717) is 5.39 Å². The SMILES string of the molecule is CCOC(=O)c1cn(C(C)C)c2c(C)c(Br)ccc2c1=O. The maximum Gasteiger partial charge on any atom is 0.343 e. The third kappa shape index (κ3) is 2.75. The Labute approximate surface area is 131 Å². The zero-order chi connectivity index (χ0) is 15.7. The topological polar surface area (TPSA) is 48.3 Å². The van der Waals surface area contributed by atoms with Gasteiger partial charge in [-0.25, -0.2) is 4.79 Å². The van der Waals surface area contributed by atoms with Crippen LogP contribution in [0.2, 0.25) is 0 Å². The van der Waals surface area contributed by atoms with Crippen LogP contribution in [0.5, 0.6) is 0 Å². The van der Waals surface area contributed by atoms with E-state index in [2.05, 4.69) is 15.9 Å². The van der Waals surface area contributed by atoms with Crippen molar-refractivity contribution in [3.8, 4) is 0 Å². The highest BCUT2D eigenvalue weighted by atomic mass is 79.9. The minimum absolute atomic E-state index is 0.0831. The lowest BCUT2D eigenvalue weighted by molar-refractivity contribution is 0.0524. The fourth-order valence-corrected chi connectivity index (χ4v) is 2.68. The molecule has 2 rings (SSSR count). The standard InChI is InChI=1S/C16H18BrNO3/c1-5-21-16(20)12-8-18(9(2)3)14-10(4)13(17)7-6-11(14)15(12)19/h6-9H,5H2,1-4H3. The molecule has 1 heterocycles. The van der Waals surface area contributed by atoms with Crippen molar-refractivity contribution in [3.05, 3.63) is 44.2 Å². The van der Waals surface area contributed by atoms with Crippen molar-refractivity contribution in [1.82, 2.24) is 4.57 Å². The quantitative estimate of drug-likeness (QED) is 0.789. The van der Waals surface area contributed by atoms with Crippen LogP contribution in [0.25, 0.3) is 10.9 Å². The molecule has 0 saturated carbocycles. The number of pyridine rings is 1. The zero-order valence-electron chi connectivity index (χ0n) is 12.6. The summed E-state index contributed by atoms with van der Waals surface area (Å²) in [4.78, 5) is 24.5. The summed E-state index contributed by atoms with van der Waals surface area (Å²) in [6.07, 6.45) is 1.60. The molecule has 0 unspecified atom stereocenters. The number of benzene rings is 1. The first kappa shape index (κ1) is 15.8. The van der Waals surface area contributed by atoms with Crippen LogP contribution in [0.3, 0.4) is 0 Å². The van der Waals surface area contributed by atoms with Gasteiger partial charge in [-0.3, -0.25) is 4.79 Å². The summed E-state index contributed by atoms with van der Waals surface area (Å²) in [6, 6.07) is 3.70. The number of aromatic nitrogens is 1. The van der Waals surface area contributed by atoms with Gasteiger partial charge in [0.25, 0.3) is 0 Å². The van der Waals surface area contributed by atoms with Crippen LogP contribution in [0.4, 0.5) is 0 Å². The molecular formula is C16H18BrNO3. The van der Waals surface area contributed by atoms with Crippen LogP contribution in [0.1, 0.15) is 42.7 Å². The first-order valence-electron chi connectivity index (χ1n) is 6.89. The molecule has 0 bridgehead atoms. The minimum Gasteiger partial charge on any atom is -0.462 e. The van der Waals surface area contributed by atoms with Crippen molar-refractivity contribution in [3.63, 3.8) is 0 Å². The summed E-state index contributed by atoms with van der Waals surface area (Å²) in [5.41, 5.74) is 1.63. The number of halogens is 1. The van der Waals surface area contributed by atoms with Crippen LogP contribution in [-0.2, 0) is 4.74 Å². The molecule has 4 nitrogen and oxygen atoms in total. The van der Waals surface area contributed by atoms with Crippen LogP contribution >= 0.6 is 15.9 Å². The summed E-state index contributed by atoms with van der Waals surface area (Å²) in [5, 5.41) is 0.537. The van der Waals surface area contributed by atoms with Crippen LogP contribution < -0.4 is 5.43 Å². The smallest absolute Gasteiger partial charge is 0.343 e. The minimum atomic E-state index is -0.570. The van der Waals surface area contributed by atoms with Crippen molar-refractivity contribution in [1.29, 1.82) is 0 Å². The molecule has 112 valence electrons. The number of carbonyl (C=O) groups excluding carboxylic acids is 1. The number of fused-ring (bicyclic) bond motifs is 1. The molecule has 1 aromatic carbocycles. The first-order chi connectivity index (χ1) is 9.88. The number of esters is 1. The maximum absolute atomic E-state index is 12.6. The Balaban J connectivity index is 2.89.